The van der Waals surface area contributed by atoms with E-state index in [0.29, 0.717) is 0 Å². The van der Waals surface area contributed by atoms with Gasteiger partial charge in [0.2, 0.25) is 0 Å². The largest absolute Gasteiger partial charge is 0.324 e. The monoisotopic (exact) mass is 251 g/mol. The van der Waals surface area contributed by atoms with Gasteiger partial charge < -0.3 is 4.57 Å². The van der Waals surface area contributed by atoms with Gasteiger partial charge in [0, 0.05) is 6.20 Å². The van der Waals surface area contributed by atoms with Crippen molar-refractivity contribution in [3.05, 3.63) is 59.2 Å². The number of hydrogen-bond donors (Lipinski definition) is 0. The first-order valence-electron chi connectivity index (χ1n) is 6.48. The lowest BCUT2D eigenvalue weighted by Gasteiger charge is -2.07. The first-order chi connectivity index (χ1) is 9.15. The van der Waals surface area contributed by atoms with Gasteiger partial charge in [-0.15, -0.1) is 0 Å². The molecule has 0 aliphatic carbocycles. The molecule has 2 aromatic heterocycles. The van der Waals surface area contributed by atoms with Crippen LogP contribution in [0.25, 0.3) is 11.0 Å². The van der Waals surface area contributed by atoms with E-state index in [4.69, 9.17) is 0 Å². The second-order valence-electron chi connectivity index (χ2n) is 5.06. The van der Waals surface area contributed by atoms with Crippen LogP contribution in [-0.4, -0.2) is 14.5 Å². The molecule has 0 saturated heterocycles. The lowest BCUT2D eigenvalue weighted by atomic mass is 10.1. The SMILES string of the molecule is Cc1cc2ncn(Cc3ncccc3C)c2cc1C. The Morgan fingerprint density at radius 2 is 1.79 bits per heavy atom. The fourth-order valence-electron chi connectivity index (χ4n) is 2.28. The van der Waals surface area contributed by atoms with Crippen LogP contribution in [0.1, 0.15) is 22.4 Å². The molecule has 96 valence electrons. The molecule has 2 heterocycles. The van der Waals surface area contributed by atoms with Gasteiger partial charge in [0.05, 0.1) is 29.6 Å². The topological polar surface area (TPSA) is 30.7 Å². The lowest BCUT2D eigenvalue weighted by molar-refractivity contribution is 0.789. The molecular weight excluding hydrogens is 234 g/mol. The molecular formula is C16H17N3. The highest BCUT2D eigenvalue weighted by Crippen LogP contribution is 2.19. The van der Waals surface area contributed by atoms with E-state index in [-0.39, 0.29) is 0 Å². The van der Waals surface area contributed by atoms with Crippen LogP contribution in [0, 0.1) is 20.8 Å². The van der Waals surface area contributed by atoms with Crippen LogP contribution in [-0.2, 0) is 6.54 Å². The second kappa shape index (κ2) is 4.50. The van der Waals surface area contributed by atoms with E-state index >= 15 is 0 Å². The molecule has 19 heavy (non-hydrogen) atoms. The molecule has 0 unspecified atom stereocenters. The molecule has 0 bridgehead atoms. The average Bonchev–Trinajstić information content (AvgIpc) is 2.76. The number of nitrogens with zero attached hydrogens (tertiary/aromatic N) is 3. The van der Waals surface area contributed by atoms with Crippen LogP contribution in [0.3, 0.4) is 0 Å². The maximum atomic E-state index is 4.48. The summed E-state index contributed by atoms with van der Waals surface area (Å²) in [5, 5.41) is 0. The van der Waals surface area contributed by atoms with Crippen molar-refractivity contribution in [1.82, 2.24) is 14.5 Å². The van der Waals surface area contributed by atoms with Gasteiger partial charge in [-0.1, -0.05) is 6.07 Å². The molecule has 3 nitrogen and oxygen atoms in total. The van der Waals surface area contributed by atoms with Gasteiger partial charge in [0.25, 0.3) is 0 Å². The van der Waals surface area contributed by atoms with Crippen LogP contribution in [0.5, 0.6) is 0 Å². The first kappa shape index (κ1) is 11.9. The minimum Gasteiger partial charge on any atom is -0.324 e. The smallest absolute Gasteiger partial charge is 0.0962 e. The molecule has 0 atom stereocenters. The zero-order valence-electron chi connectivity index (χ0n) is 11.5. The molecule has 3 aromatic rings. The molecule has 3 heteroatoms. The molecule has 3 rings (SSSR count). The summed E-state index contributed by atoms with van der Waals surface area (Å²) in [6.45, 7) is 7.12. The van der Waals surface area contributed by atoms with Crippen LogP contribution in [0.15, 0.2) is 36.8 Å². The Kier molecular flexibility index (Phi) is 2.82. The van der Waals surface area contributed by atoms with E-state index in [1.165, 1.54) is 22.2 Å². The Bertz CT molecular complexity index is 741. The van der Waals surface area contributed by atoms with Crippen molar-refractivity contribution in [1.29, 1.82) is 0 Å². The summed E-state index contributed by atoms with van der Waals surface area (Å²) in [6, 6.07) is 8.41. The van der Waals surface area contributed by atoms with Crippen LogP contribution in [0.4, 0.5) is 0 Å². The minimum absolute atomic E-state index is 0.770. The van der Waals surface area contributed by atoms with Crippen molar-refractivity contribution in [3.63, 3.8) is 0 Å². The predicted molar refractivity (Wildman–Crippen MR) is 77.3 cm³/mol. The Morgan fingerprint density at radius 3 is 2.58 bits per heavy atom. The standard InChI is InChI=1S/C16H17N3/c1-11-5-4-6-17-15(11)9-19-10-18-14-7-12(2)13(3)8-16(14)19/h4-8,10H,9H2,1-3H3. The van der Waals surface area contributed by atoms with E-state index in [2.05, 4.69) is 53.5 Å². The number of imidazole rings is 1. The highest BCUT2D eigenvalue weighted by molar-refractivity contribution is 5.77. The third kappa shape index (κ3) is 2.12. The molecule has 0 fully saturated rings. The highest BCUT2D eigenvalue weighted by Gasteiger charge is 2.07. The number of fused-ring (bicyclic) bond motifs is 1. The van der Waals surface area contributed by atoms with E-state index < -0.39 is 0 Å². The van der Waals surface area contributed by atoms with Gasteiger partial charge in [0.1, 0.15) is 0 Å². The first-order valence-corrected chi connectivity index (χ1v) is 6.48. The summed E-state index contributed by atoms with van der Waals surface area (Å²) in [7, 11) is 0. The summed E-state index contributed by atoms with van der Waals surface area (Å²) in [5.41, 5.74) is 7.12. The lowest BCUT2D eigenvalue weighted by Crippen LogP contribution is -2.02. The molecule has 0 amide bonds. The Morgan fingerprint density at radius 1 is 1.00 bits per heavy atom. The Hall–Kier alpha value is -2.16. The zero-order chi connectivity index (χ0) is 13.4. The Balaban J connectivity index is 2.07. The van der Waals surface area contributed by atoms with E-state index in [1.807, 2.05) is 18.6 Å². The summed E-state index contributed by atoms with van der Waals surface area (Å²) in [4.78, 5) is 8.93. The number of aromatic nitrogens is 3. The fraction of sp³-hybridized carbons (Fsp3) is 0.250. The number of aryl methyl sites for hydroxylation is 3. The van der Waals surface area contributed by atoms with Crippen molar-refractivity contribution in [3.8, 4) is 0 Å². The number of rotatable bonds is 2. The van der Waals surface area contributed by atoms with Crippen LogP contribution >= 0.6 is 0 Å². The molecule has 0 aliphatic rings. The summed E-state index contributed by atoms with van der Waals surface area (Å²) in [5.74, 6) is 0. The van der Waals surface area contributed by atoms with Gasteiger partial charge in [-0.05, 0) is 55.7 Å². The van der Waals surface area contributed by atoms with Crippen LogP contribution < -0.4 is 0 Å². The van der Waals surface area contributed by atoms with Gasteiger partial charge >= 0.3 is 0 Å². The summed E-state index contributed by atoms with van der Waals surface area (Å²) >= 11 is 0. The fourth-order valence-corrected chi connectivity index (χ4v) is 2.28. The van der Waals surface area contributed by atoms with Gasteiger partial charge in [-0.2, -0.15) is 0 Å². The maximum Gasteiger partial charge on any atom is 0.0962 e. The van der Waals surface area contributed by atoms with Gasteiger partial charge in [-0.25, -0.2) is 4.98 Å². The second-order valence-corrected chi connectivity index (χ2v) is 5.06. The number of pyridine rings is 1. The van der Waals surface area contributed by atoms with E-state index in [9.17, 15) is 0 Å². The molecule has 0 aliphatic heterocycles. The third-order valence-corrected chi connectivity index (χ3v) is 3.67. The normalized spacial score (nSPS) is 11.1. The summed E-state index contributed by atoms with van der Waals surface area (Å²) in [6.07, 6.45) is 3.74. The third-order valence-electron chi connectivity index (χ3n) is 3.67. The number of hydrogen-bond acceptors (Lipinski definition) is 2. The van der Waals surface area contributed by atoms with Crippen molar-refractivity contribution < 1.29 is 0 Å². The van der Waals surface area contributed by atoms with Gasteiger partial charge in [-0.3, -0.25) is 4.98 Å². The molecule has 0 N–H and O–H groups in total. The van der Waals surface area contributed by atoms with Crippen molar-refractivity contribution in [2.45, 2.75) is 27.3 Å². The zero-order valence-corrected chi connectivity index (χ0v) is 11.5. The molecule has 0 spiro atoms. The van der Waals surface area contributed by atoms with Crippen molar-refractivity contribution in [2.24, 2.45) is 0 Å². The summed E-state index contributed by atoms with van der Waals surface area (Å²) < 4.78 is 2.16. The van der Waals surface area contributed by atoms with Crippen molar-refractivity contribution >= 4 is 11.0 Å². The Labute approximate surface area is 112 Å². The number of benzene rings is 1. The predicted octanol–water partition coefficient (Wildman–Crippen LogP) is 3.40. The van der Waals surface area contributed by atoms with Gasteiger partial charge in [0.15, 0.2) is 0 Å². The van der Waals surface area contributed by atoms with E-state index in [0.717, 1.165) is 17.8 Å². The maximum absolute atomic E-state index is 4.48. The van der Waals surface area contributed by atoms with Crippen LogP contribution in [0.2, 0.25) is 0 Å². The molecule has 0 radical (unpaired) electrons. The quantitative estimate of drug-likeness (QED) is 0.699. The van der Waals surface area contributed by atoms with Crippen molar-refractivity contribution in [2.75, 3.05) is 0 Å². The average molecular weight is 251 g/mol. The highest BCUT2D eigenvalue weighted by atomic mass is 15.0. The minimum atomic E-state index is 0.770. The van der Waals surface area contributed by atoms with E-state index in [1.54, 1.807) is 0 Å². The molecule has 1 aromatic carbocycles. The molecule has 0 saturated carbocycles.